The highest BCUT2D eigenvalue weighted by Crippen LogP contribution is 2.40. The first-order valence-corrected chi connectivity index (χ1v) is 9.52. The Morgan fingerprint density at radius 2 is 2.24 bits per heavy atom. The number of fused-ring (bicyclic) bond motifs is 2. The number of carboxylic acid groups (broad SMARTS) is 1. The van der Waals surface area contributed by atoms with Crippen LogP contribution in [0.2, 0.25) is 0 Å². The Bertz CT molecular complexity index is 779. The zero-order chi connectivity index (χ0) is 17.6. The number of ether oxygens (including phenoxy) is 1. The Hall–Kier alpha value is -2.11. The molecule has 4 nitrogen and oxygen atoms in total. The molecule has 0 amide bonds. The summed E-state index contributed by atoms with van der Waals surface area (Å²) in [5.74, 6) is 0.00547. The SMILES string of the molecule is CCCNCC/C=C1/c2cc(CC(=O)O)ccc2OCc2ccsc21. The number of carboxylic acids is 1. The van der Waals surface area contributed by atoms with Crippen LogP contribution < -0.4 is 10.1 Å². The maximum atomic E-state index is 11.1. The second kappa shape index (κ2) is 8.32. The van der Waals surface area contributed by atoms with Crippen LogP contribution in [0, 0.1) is 0 Å². The zero-order valence-corrected chi connectivity index (χ0v) is 15.2. The molecular weight excluding hydrogens is 334 g/mol. The van der Waals surface area contributed by atoms with Crippen LogP contribution in [-0.2, 0) is 17.8 Å². The summed E-state index contributed by atoms with van der Waals surface area (Å²) in [5, 5.41) is 14.6. The van der Waals surface area contributed by atoms with Gasteiger partial charge in [-0.25, -0.2) is 0 Å². The van der Waals surface area contributed by atoms with Crippen molar-refractivity contribution in [1.82, 2.24) is 5.32 Å². The maximum Gasteiger partial charge on any atom is 0.307 e. The topological polar surface area (TPSA) is 58.6 Å². The highest BCUT2D eigenvalue weighted by Gasteiger charge is 2.21. The standard InChI is InChI=1S/C20H23NO3S/c1-2-8-21-9-3-4-16-17-11-14(12-19(22)23)5-6-18(17)24-13-15-7-10-25-20(15)16/h4-7,10-11,21H,2-3,8-9,12-13H2,1H3,(H,22,23)/b16-4-. The average molecular weight is 357 g/mol. The van der Waals surface area contributed by atoms with Gasteiger partial charge in [0.2, 0.25) is 0 Å². The van der Waals surface area contributed by atoms with Gasteiger partial charge in [-0.15, -0.1) is 11.3 Å². The fourth-order valence-electron chi connectivity index (χ4n) is 2.98. The highest BCUT2D eigenvalue weighted by molar-refractivity contribution is 7.11. The molecule has 5 heteroatoms. The van der Waals surface area contributed by atoms with E-state index in [4.69, 9.17) is 9.84 Å². The van der Waals surface area contributed by atoms with Crippen LogP contribution in [0.4, 0.5) is 0 Å². The molecular formula is C20H23NO3S. The van der Waals surface area contributed by atoms with E-state index in [1.807, 2.05) is 18.2 Å². The fourth-order valence-corrected chi connectivity index (χ4v) is 3.95. The molecule has 2 N–H and O–H groups in total. The van der Waals surface area contributed by atoms with Gasteiger partial charge in [0, 0.05) is 16.0 Å². The molecule has 2 heterocycles. The monoisotopic (exact) mass is 357 g/mol. The molecule has 25 heavy (non-hydrogen) atoms. The zero-order valence-electron chi connectivity index (χ0n) is 14.4. The second-order valence-corrected chi connectivity index (χ2v) is 7.04. The van der Waals surface area contributed by atoms with Crippen molar-refractivity contribution in [1.29, 1.82) is 0 Å². The fraction of sp³-hybridized carbons (Fsp3) is 0.350. The van der Waals surface area contributed by atoms with Crippen molar-refractivity contribution in [2.24, 2.45) is 0 Å². The van der Waals surface area contributed by atoms with Crippen LogP contribution in [0.25, 0.3) is 5.57 Å². The number of thiophene rings is 1. The van der Waals surface area contributed by atoms with Gasteiger partial charge in [-0.2, -0.15) is 0 Å². The number of nitrogens with one attached hydrogen (secondary N) is 1. The van der Waals surface area contributed by atoms with E-state index in [-0.39, 0.29) is 6.42 Å². The van der Waals surface area contributed by atoms with Gasteiger partial charge < -0.3 is 15.2 Å². The Kier molecular flexibility index (Phi) is 5.89. The Morgan fingerprint density at radius 1 is 1.36 bits per heavy atom. The van der Waals surface area contributed by atoms with Crippen LogP contribution in [0.5, 0.6) is 5.75 Å². The van der Waals surface area contributed by atoms with E-state index in [0.717, 1.165) is 48.4 Å². The van der Waals surface area contributed by atoms with Gasteiger partial charge in [0.15, 0.2) is 0 Å². The van der Waals surface area contributed by atoms with Crippen molar-refractivity contribution < 1.29 is 14.6 Å². The van der Waals surface area contributed by atoms with E-state index in [9.17, 15) is 4.79 Å². The minimum atomic E-state index is -0.819. The molecule has 0 fully saturated rings. The lowest BCUT2D eigenvalue weighted by Crippen LogP contribution is -2.15. The van der Waals surface area contributed by atoms with E-state index < -0.39 is 5.97 Å². The predicted octanol–water partition coefficient (Wildman–Crippen LogP) is 4.09. The summed E-state index contributed by atoms with van der Waals surface area (Å²) < 4.78 is 5.97. The number of rotatable bonds is 7. The first-order chi connectivity index (χ1) is 12.2. The summed E-state index contributed by atoms with van der Waals surface area (Å²) in [6, 6.07) is 7.80. The highest BCUT2D eigenvalue weighted by atomic mass is 32.1. The van der Waals surface area contributed by atoms with Crippen molar-refractivity contribution in [3.63, 3.8) is 0 Å². The summed E-state index contributed by atoms with van der Waals surface area (Å²) in [7, 11) is 0. The van der Waals surface area contributed by atoms with E-state index in [2.05, 4.69) is 29.8 Å². The van der Waals surface area contributed by atoms with E-state index in [1.165, 1.54) is 10.4 Å². The maximum absolute atomic E-state index is 11.1. The number of hydrogen-bond donors (Lipinski definition) is 2. The molecule has 2 aromatic rings. The lowest BCUT2D eigenvalue weighted by atomic mass is 9.97. The van der Waals surface area contributed by atoms with Crippen LogP contribution in [-0.4, -0.2) is 24.2 Å². The summed E-state index contributed by atoms with van der Waals surface area (Å²) >= 11 is 1.71. The lowest BCUT2D eigenvalue weighted by Gasteiger charge is -2.11. The van der Waals surface area contributed by atoms with Crippen molar-refractivity contribution in [3.8, 4) is 5.75 Å². The van der Waals surface area contributed by atoms with E-state index >= 15 is 0 Å². The molecule has 0 saturated heterocycles. The third kappa shape index (κ3) is 4.30. The minimum Gasteiger partial charge on any atom is -0.488 e. The summed E-state index contributed by atoms with van der Waals surface area (Å²) in [4.78, 5) is 12.3. The molecule has 1 aliphatic rings. The predicted molar refractivity (Wildman–Crippen MR) is 101 cm³/mol. The number of carbonyl (C=O) groups is 1. The second-order valence-electron chi connectivity index (χ2n) is 6.12. The van der Waals surface area contributed by atoms with Crippen molar-refractivity contribution in [2.75, 3.05) is 13.1 Å². The number of benzene rings is 1. The quantitative estimate of drug-likeness (QED) is 0.733. The molecule has 0 saturated carbocycles. The molecule has 3 rings (SSSR count). The Labute approximate surface area is 152 Å². The van der Waals surface area contributed by atoms with Crippen LogP contribution in [0.15, 0.2) is 35.7 Å². The van der Waals surface area contributed by atoms with Gasteiger partial charge in [0.05, 0.1) is 6.42 Å². The van der Waals surface area contributed by atoms with Gasteiger partial charge >= 0.3 is 5.97 Å². The van der Waals surface area contributed by atoms with Crippen LogP contribution >= 0.6 is 11.3 Å². The first kappa shape index (κ1) is 17.7. The Morgan fingerprint density at radius 3 is 3.04 bits per heavy atom. The van der Waals surface area contributed by atoms with Gasteiger partial charge in [0.1, 0.15) is 12.4 Å². The largest absolute Gasteiger partial charge is 0.488 e. The smallest absolute Gasteiger partial charge is 0.307 e. The minimum absolute atomic E-state index is 0.0237. The molecule has 0 radical (unpaired) electrons. The van der Waals surface area contributed by atoms with Crippen molar-refractivity contribution in [3.05, 3.63) is 57.3 Å². The third-order valence-corrected chi connectivity index (χ3v) is 5.15. The van der Waals surface area contributed by atoms with Gasteiger partial charge in [0.25, 0.3) is 0 Å². The summed E-state index contributed by atoms with van der Waals surface area (Å²) in [6.07, 6.45) is 4.32. The molecule has 1 aromatic carbocycles. The molecule has 1 aromatic heterocycles. The number of aliphatic carboxylic acids is 1. The molecule has 0 unspecified atom stereocenters. The molecule has 0 atom stereocenters. The molecule has 0 aliphatic carbocycles. The van der Waals surface area contributed by atoms with Crippen LogP contribution in [0.3, 0.4) is 0 Å². The van der Waals surface area contributed by atoms with Crippen LogP contribution in [0.1, 0.15) is 41.3 Å². The molecule has 1 aliphatic heterocycles. The summed E-state index contributed by atoms with van der Waals surface area (Å²) in [5.41, 5.74) is 4.14. The summed E-state index contributed by atoms with van der Waals surface area (Å²) in [6.45, 7) is 4.67. The van der Waals surface area contributed by atoms with Gasteiger partial charge in [-0.05, 0) is 60.6 Å². The van der Waals surface area contributed by atoms with Gasteiger partial charge in [-0.1, -0.05) is 19.1 Å². The first-order valence-electron chi connectivity index (χ1n) is 8.64. The number of hydrogen-bond acceptors (Lipinski definition) is 4. The molecule has 132 valence electrons. The third-order valence-electron chi connectivity index (χ3n) is 4.16. The van der Waals surface area contributed by atoms with Crippen molar-refractivity contribution in [2.45, 2.75) is 32.8 Å². The molecule has 0 bridgehead atoms. The van der Waals surface area contributed by atoms with Crippen molar-refractivity contribution >= 4 is 22.9 Å². The van der Waals surface area contributed by atoms with Gasteiger partial charge in [-0.3, -0.25) is 4.79 Å². The lowest BCUT2D eigenvalue weighted by molar-refractivity contribution is -0.136. The molecule has 0 spiro atoms. The average Bonchev–Trinajstić information content (AvgIpc) is 2.99. The normalized spacial score (nSPS) is 14.5. The van der Waals surface area contributed by atoms with E-state index in [0.29, 0.717) is 6.61 Å². The van der Waals surface area contributed by atoms with E-state index in [1.54, 1.807) is 11.3 Å². The Balaban J connectivity index is 1.95.